The van der Waals surface area contributed by atoms with Gasteiger partial charge >= 0.3 is 16.1 Å². The van der Waals surface area contributed by atoms with Gasteiger partial charge in [-0.15, -0.1) is 0 Å². The molecule has 4 rings (SSSR count). The molecule has 1 amide bonds. The summed E-state index contributed by atoms with van der Waals surface area (Å²) in [6, 6.07) is 12.5. The third-order valence-electron chi connectivity index (χ3n) is 5.47. The zero-order valence-electron chi connectivity index (χ0n) is 18.5. The topological polar surface area (TPSA) is 126 Å². The van der Waals surface area contributed by atoms with Gasteiger partial charge in [0.1, 0.15) is 11.5 Å². The van der Waals surface area contributed by atoms with Crippen LogP contribution in [0.4, 0.5) is 11.4 Å². The second kappa shape index (κ2) is 9.60. The molecule has 1 aliphatic rings. The molecule has 9 nitrogen and oxygen atoms in total. The van der Waals surface area contributed by atoms with Crippen LogP contribution in [0.3, 0.4) is 0 Å². The number of aromatic hydroxyl groups is 1. The first-order chi connectivity index (χ1) is 16.2. The predicted molar refractivity (Wildman–Crippen MR) is 127 cm³/mol. The van der Waals surface area contributed by atoms with Gasteiger partial charge in [-0.05, 0) is 61.7 Å². The number of nitrogens with zero attached hydrogens (tertiary/aromatic N) is 1. The van der Waals surface area contributed by atoms with Gasteiger partial charge in [-0.3, -0.25) is 4.79 Å². The number of nitrogens with one attached hydrogen (secondary N) is 1. The third-order valence-corrected chi connectivity index (χ3v) is 5.92. The predicted octanol–water partition coefficient (Wildman–Crippen LogP) is 4.01. The Hall–Kier alpha value is -3.79. The highest BCUT2D eigenvalue weighted by molar-refractivity contribution is 7.86. The van der Waals surface area contributed by atoms with Crippen molar-refractivity contribution in [2.45, 2.75) is 19.3 Å². The van der Waals surface area contributed by atoms with Crippen molar-refractivity contribution in [2.24, 2.45) is 0 Å². The molecular formula is C24H24N2O7S. The Morgan fingerprint density at radius 3 is 2.47 bits per heavy atom. The van der Waals surface area contributed by atoms with Crippen molar-refractivity contribution in [3.63, 3.8) is 0 Å². The maximum Gasteiger partial charge on any atom is 0.355 e. The number of piperidine rings is 1. The minimum Gasteiger partial charge on any atom is -0.507 e. The number of hydrogen-bond donors (Lipinski definition) is 2. The Kier molecular flexibility index (Phi) is 6.60. The van der Waals surface area contributed by atoms with E-state index in [1.807, 2.05) is 0 Å². The van der Waals surface area contributed by atoms with Crippen LogP contribution in [0.2, 0.25) is 0 Å². The molecule has 0 radical (unpaired) electrons. The molecule has 1 saturated heterocycles. The molecule has 2 heterocycles. The summed E-state index contributed by atoms with van der Waals surface area (Å²) in [6.07, 6.45) is 5.48. The summed E-state index contributed by atoms with van der Waals surface area (Å²) in [7, 11) is -4.07. The van der Waals surface area contributed by atoms with E-state index in [-0.39, 0.29) is 22.6 Å². The zero-order chi connectivity index (χ0) is 24.3. The Balaban J connectivity index is 1.68. The monoisotopic (exact) mass is 484 g/mol. The second-order valence-corrected chi connectivity index (χ2v) is 9.59. The second-order valence-electron chi connectivity index (χ2n) is 8.02. The average molecular weight is 485 g/mol. The fraction of sp³-hybridized carbons (Fsp3) is 0.250. The van der Waals surface area contributed by atoms with Gasteiger partial charge in [0.25, 0.3) is 5.91 Å². The molecule has 0 bridgehead atoms. The first kappa shape index (κ1) is 23.4. The molecule has 178 valence electrons. The van der Waals surface area contributed by atoms with E-state index in [1.165, 1.54) is 24.5 Å². The van der Waals surface area contributed by atoms with E-state index >= 15 is 0 Å². The highest BCUT2D eigenvalue weighted by Gasteiger charge is 2.22. The van der Waals surface area contributed by atoms with Crippen LogP contribution >= 0.6 is 0 Å². The molecule has 0 spiro atoms. The normalized spacial score (nSPS) is 14.0. The van der Waals surface area contributed by atoms with Gasteiger partial charge in [0, 0.05) is 24.3 Å². The van der Waals surface area contributed by atoms with Crippen molar-refractivity contribution >= 4 is 33.4 Å². The molecule has 2 N–H and O–H groups in total. The lowest BCUT2D eigenvalue weighted by Gasteiger charge is -2.29. The summed E-state index contributed by atoms with van der Waals surface area (Å²) in [5.74, 6) is -1.55. The molecule has 1 aliphatic heterocycles. The van der Waals surface area contributed by atoms with Crippen LogP contribution in [-0.2, 0) is 14.3 Å². The first-order valence-corrected chi connectivity index (χ1v) is 12.5. The van der Waals surface area contributed by atoms with E-state index in [0.29, 0.717) is 11.3 Å². The first-order valence-electron chi connectivity index (χ1n) is 10.7. The van der Waals surface area contributed by atoms with Crippen molar-refractivity contribution in [3.8, 4) is 17.1 Å². The van der Waals surface area contributed by atoms with Crippen LogP contribution in [0.1, 0.15) is 40.0 Å². The van der Waals surface area contributed by atoms with E-state index in [2.05, 4.69) is 14.4 Å². The number of phenols is 1. The van der Waals surface area contributed by atoms with Crippen molar-refractivity contribution in [1.82, 2.24) is 0 Å². The summed E-state index contributed by atoms with van der Waals surface area (Å²) >= 11 is 0. The molecule has 0 aliphatic carbocycles. The number of rotatable bonds is 6. The summed E-state index contributed by atoms with van der Waals surface area (Å²) in [5, 5.41) is 13.0. The van der Waals surface area contributed by atoms with E-state index in [4.69, 9.17) is 4.42 Å². The maximum absolute atomic E-state index is 13.1. The number of hydrogen-bond acceptors (Lipinski definition) is 8. The SMILES string of the molecule is CS(=O)(=O)OC(=O)c1ccc(-c2ccco2)cc1NC(=O)c1cc(N2CCCCC2)ccc1O. The van der Waals surface area contributed by atoms with Gasteiger partial charge in [-0.1, -0.05) is 6.07 Å². The largest absolute Gasteiger partial charge is 0.507 e. The Labute approximate surface area is 197 Å². The molecular weight excluding hydrogens is 460 g/mol. The van der Waals surface area contributed by atoms with E-state index < -0.39 is 22.0 Å². The summed E-state index contributed by atoms with van der Waals surface area (Å²) in [5.41, 5.74) is 1.22. The molecule has 2 aromatic carbocycles. The standard InChI is InChI=1S/C24H24N2O7S/c1-34(30,31)33-24(29)18-9-7-16(22-6-5-13-32-22)14-20(18)25-23(28)19-15-17(8-10-21(19)27)26-11-3-2-4-12-26/h5-10,13-15,27H,2-4,11-12H2,1H3,(H,25,28). The molecule has 0 unspecified atom stereocenters. The Morgan fingerprint density at radius 1 is 1.03 bits per heavy atom. The van der Waals surface area contributed by atoms with E-state index in [1.54, 1.807) is 30.3 Å². The lowest BCUT2D eigenvalue weighted by molar-refractivity contribution is 0.0749. The minimum absolute atomic E-state index is 0.00956. The van der Waals surface area contributed by atoms with Crippen LogP contribution in [0, 0.1) is 0 Å². The number of anilines is 2. The Morgan fingerprint density at radius 2 is 1.79 bits per heavy atom. The van der Waals surface area contributed by atoms with Crippen LogP contribution in [0.5, 0.6) is 5.75 Å². The maximum atomic E-state index is 13.1. The molecule has 3 aromatic rings. The van der Waals surface area contributed by atoms with Gasteiger partial charge in [-0.25, -0.2) is 4.79 Å². The average Bonchev–Trinajstić information content (AvgIpc) is 3.34. The molecule has 34 heavy (non-hydrogen) atoms. The van der Waals surface area contributed by atoms with Gasteiger partial charge in [0.05, 0.1) is 29.3 Å². The van der Waals surface area contributed by atoms with Crippen LogP contribution < -0.4 is 10.2 Å². The van der Waals surface area contributed by atoms with Crippen LogP contribution in [0.15, 0.2) is 59.2 Å². The Bertz CT molecular complexity index is 1310. The zero-order valence-corrected chi connectivity index (χ0v) is 19.3. The molecule has 0 atom stereocenters. The minimum atomic E-state index is -4.07. The third kappa shape index (κ3) is 5.40. The number of carbonyl (C=O) groups is 2. The van der Waals surface area contributed by atoms with Gasteiger partial charge in [0.2, 0.25) is 0 Å². The molecule has 0 saturated carbocycles. The quantitative estimate of drug-likeness (QED) is 0.503. The number of amides is 1. The fourth-order valence-corrected chi connectivity index (χ4v) is 4.21. The summed E-state index contributed by atoms with van der Waals surface area (Å²) in [4.78, 5) is 27.8. The summed E-state index contributed by atoms with van der Waals surface area (Å²) < 4.78 is 32.8. The van der Waals surface area contributed by atoms with Gasteiger partial charge < -0.3 is 23.9 Å². The van der Waals surface area contributed by atoms with Crippen molar-refractivity contribution < 1.29 is 31.7 Å². The van der Waals surface area contributed by atoms with Gasteiger partial charge in [0.15, 0.2) is 0 Å². The highest BCUT2D eigenvalue weighted by atomic mass is 32.2. The number of phenolic OH excluding ortho intramolecular Hbond substituents is 1. The van der Waals surface area contributed by atoms with Crippen molar-refractivity contribution in [2.75, 3.05) is 29.6 Å². The molecule has 1 fully saturated rings. The number of carbonyl (C=O) groups excluding carboxylic acids is 2. The van der Waals surface area contributed by atoms with Gasteiger partial charge in [-0.2, -0.15) is 8.42 Å². The lowest BCUT2D eigenvalue weighted by atomic mass is 10.1. The molecule has 1 aromatic heterocycles. The number of furan rings is 1. The molecule has 10 heteroatoms. The lowest BCUT2D eigenvalue weighted by Crippen LogP contribution is -2.29. The van der Waals surface area contributed by atoms with E-state index in [9.17, 15) is 23.1 Å². The smallest absolute Gasteiger partial charge is 0.355 e. The van der Waals surface area contributed by atoms with Crippen LogP contribution in [0.25, 0.3) is 11.3 Å². The van der Waals surface area contributed by atoms with E-state index in [0.717, 1.165) is 44.3 Å². The fourth-order valence-electron chi connectivity index (χ4n) is 3.85. The van der Waals surface area contributed by atoms with Crippen molar-refractivity contribution in [3.05, 3.63) is 65.9 Å². The number of benzene rings is 2. The van der Waals surface area contributed by atoms with Crippen molar-refractivity contribution in [1.29, 1.82) is 0 Å². The van der Waals surface area contributed by atoms with Crippen LogP contribution in [-0.4, -0.2) is 44.7 Å². The summed E-state index contributed by atoms with van der Waals surface area (Å²) in [6.45, 7) is 1.72. The highest BCUT2D eigenvalue weighted by Crippen LogP contribution is 2.30.